The predicted molar refractivity (Wildman–Crippen MR) is 97.8 cm³/mol. The van der Waals surface area contributed by atoms with Crippen molar-refractivity contribution < 1.29 is 23.5 Å². The normalized spacial score (nSPS) is 10.4. The van der Waals surface area contributed by atoms with Gasteiger partial charge in [-0.2, -0.15) is 0 Å². The van der Waals surface area contributed by atoms with Gasteiger partial charge in [0, 0.05) is 10.0 Å². The van der Waals surface area contributed by atoms with E-state index < -0.39 is 17.6 Å². The highest BCUT2D eigenvalue weighted by Gasteiger charge is 2.15. The van der Waals surface area contributed by atoms with Crippen molar-refractivity contribution in [1.82, 2.24) is 10.9 Å². The van der Waals surface area contributed by atoms with Crippen LogP contribution in [-0.4, -0.2) is 25.0 Å². The van der Waals surface area contributed by atoms with E-state index in [0.717, 1.165) is 12.1 Å². The molecule has 2 aromatic rings. The molecule has 0 aliphatic rings. The fraction of sp³-hybridized carbons (Fsp3) is 0.222. The molecule has 26 heavy (non-hydrogen) atoms. The lowest BCUT2D eigenvalue weighted by Gasteiger charge is -2.14. The largest absolute Gasteiger partial charge is 0.493 e. The van der Waals surface area contributed by atoms with Crippen LogP contribution in [0.1, 0.15) is 34.6 Å². The molecule has 0 aliphatic heterocycles. The quantitative estimate of drug-likeness (QED) is 0.720. The van der Waals surface area contributed by atoms with Crippen LogP contribution in [0.5, 0.6) is 11.5 Å². The molecule has 0 bridgehead atoms. The minimum atomic E-state index is -0.586. The maximum Gasteiger partial charge on any atom is 0.270 e. The highest BCUT2D eigenvalue weighted by molar-refractivity contribution is 9.10. The Labute approximate surface area is 158 Å². The third kappa shape index (κ3) is 4.95. The first-order chi connectivity index (χ1) is 12.3. The van der Waals surface area contributed by atoms with Crippen LogP contribution < -0.4 is 20.3 Å². The van der Waals surface area contributed by atoms with Gasteiger partial charge in [0.1, 0.15) is 5.82 Å². The van der Waals surface area contributed by atoms with Crippen molar-refractivity contribution in [2.24, 2.45) is 0 Å². The molecular formula is C18H18BrFN2O4. The van der Waals surface area contributed by atoms with E-state index in [2.05, 4.69) is 26.8 Å². The minimum absolute atomic E-state index is 0.0444. The number of methoxy groups -OCH3 is 1. The Hall–Kier alpha value is -2.61. The van der Waals surface area contributed by atoms with E-state index in [0.29, 0.717) is 11.5 Å². The molecule has 2 aromatic carbocycles. The molecule has 8 heteroatoms. The molecule has 0 saturated carbocycles. The molecule has 0 heterocycles. The fourth-order valence-corrected chi connectivity index (χ4v) is 2.62. The van der Waals surface area contributed by atoms with Gasteiger partial charge in [-0.3, -0.25) is 20.4 Å². The van der Waals surface area contributed by atoms with Crippen molar-refractivity contribution >= 4 is 27.7 Å². The summed E-state index contributed by atoms with van der Waals surface area (Å²) in [6.07, 6.45) is -0.0444. The smallest absolute Gasteiger partial charge is 0.270 e. The summed E-state index contributed by atoms with van der Waals surface area (Å²) in [6.45, 7) is 3.76. The van der Waals surface area contributed by atoms with Crippen LogP contribution in [0.15, 0.2) is 40.9 Å². The Kier molecular flexibility index (Phi) is 6.57. The topological polar surface area (TPSA) is 76.7 Å². The van der Waals surface area contributed by atoms with Crippen LogP contribution in [0, 0.1) is 5.82 Å². The molecule has 0 aliphatic carbocycles. The van der Waals surface area contributed by atoms with E-state index in [1.54, 1.807) is 12.1 Å². The molecule has 0 fully saturated rings. The molecule has 0 unspecified atom stereocenters. The number of benzene rings is 2. The highest BCUT2D eigenvalue weighted by Crippen LogP contribution is 2.28. The van der Waals surface area contributed by atoms with Gasteiger partial charge in [-0.1, -0.05) is 0 Å². The number of amides is 2. The number of hydrazine groups is 1. The lowest BCUT2D eigenvalue weighted by atomic mass is 10.2. The van der Waals surface area contributed by atoms with Gasteiger partial charge in [-0.15, -0.1) is 0 Å². The Morgan fingerprint density at radius 2 is 1.73 bits per heavy atom. The SMILES string of the molecule is COc1cc(C(=O)NNC(=O)c2ccc(F)cc2Br)ccc1OC(C)C. The first-order valence-corrected chi connectivity index (χ1v) is 8.51. The van der Waals surface area contributed by atoms with E-state index in [4.69, 9.17) is 9.47 Å². The minimum Gasteiger partial charge on any atom is -0.493 e. The second-order valence-electron chi connectivity index (χ2n) is 5.56. The summed E-state index contributed by atoms with van der Waals surface area (Å²) in [6, 6.07) is 8.30. The number of ether oxygens (including phenoxy) is 2. The van der Waals surface area contributed by atoms with Crippen molar-refractivity contribution in [1.29, 1.82) is 0 Å². The number of carbonyl (C=O) groups is 2. The van der Waals surface area contributed by atoms with E-state index in [1.807, 2.05) is 13.8 Å². The van der Waals surface area contributed by atoms with Crippen molar-refractivity contribution in [3.8, 4) is 11.5 Å². The Morgan fingerprint density at radius 3 is 2.35 bits per heavy atom. The third-order valence-corrected chi connectivity index (χ3v) is 3.91. The summed E-state index contributed by atoms with van der Waals surface area (Å²) in [5.41, 5.74) is 5.04. The highest BCUT2D eigenvalue weighted by atomic mass is 79.9. The van der Waals surface area contributed by atoms with Gasteiger partial charge in [0.25, 0.3) is 11.8 Å². The Bertz CT molecular complexity index is 827. The van der Waals surface area contributed by atoms with Crippen molar-refractivity contribution in [2.45, 2.75) is 20.0 Å². The van der Waals surface area contributed by atoms with Gasteiger partial charge < -0.3 is 9.47 Å². The molecular weight excluding hydrogens is 407 g/mol. The molecule has 2 N–H and O–H groups in total. The summed E-state index contributed by atoms with van der Waals surface area (Å²) in [7, 11) is 1.47. The lowest BCUT2D eigenvalue weighted by Crippen LogP contribution is -2.41. The molecule has 138 valence electrons. The third-order valence-electron chi connectivity index (χ3n) is 3.25. The van der Waals surface area contributed by atoms with Gasteiger partial charge in [0.05, 0.1) is 18.8 Å². The summed E-state index contributed by atoms with van der Waals surface area (Å²) in [4.78, 5) is 24.3. The molecule has 0 saturated heterocycles. The first-order valence-electron chi connectivity index (χ1n) is 7.72. The van der Waals surface area contributed by atoms with Crippen LogP contribution in [0.4, 0.5) is 4.39 Å². The molecule has 2 amide bonds. The Morgan fingerprint density at radius 1 is 1.04 bits per heavy atom. The van der Waals surface area contributed by atoms with Crippen molar-refractivity contribution in [3.63, 3.8) is 0 Å². The number of rotatable bonds is 5. The summed E-state index contributed by atoms with van der Waals surface area (Å²) < 4.78 is 24.2. The number of carbonyl (C=O) groups excluding carboxylic acids is 2. The van der Waals surface area contributed by atoms with Gasteiger partial charge in [-0.25, -0.2) is 4.39 Å². The zero-order valence-electron chi connectivity index (χ0n) is 14.4. The van der Waals surface area contributed by atoms with Crippen LogP contribution in [0.25, 0.3) is 0 Å². The van der Waals surface area contributed by atoms with Crippen molar-refractivity contribution in [2.75, 3.05) is 7.11 Å². The van der Waals surface area contributed by atoms with E-state index in [9.17, 15) is 14.0 Å². The summed E-state index contributed by atoms with van der Waals surface area (Å²) in [5.74, 6) is -0.687. The summed E-state index contributed by atoms with van der Waals surface area (Å²) >= 11 is 3.10. The lowest BCUT2D eigenvalue weighted by molar-refractivity contribution is 0.0846. The van der Waals surface area contributed by atoms with Crippen LogP contribution in [0.3, 0.4) is 0 Å². The second-order valence-corrected chi connectivity index (χ2v) is 6.42. The predicted octanol–water partition coefficient (Wildman–Crippen LogP) is 3.46. The molecule has 0 aromatic heterocycles. The van der Waals surface area contributed by atoms with Crippen LogP contribution in [-0.2, 0) is 0 Å². The fourth-order valence-electron chi connectivity index (χ4n) is 2.09. The molecule has 0 radical (unpaired) electrons. The maximum absolute atomic E-state index is 13.1. The van der Waals surface area contributed by atoms with Crippen LogP contribution in [0.2, 0.25) is 0 Å². The average Bonchev–Trinajstić information content (AvgIpc) is 2.59. The zero-order valence-corrected chi connectivity index (χ0v) is 16.0. The first kappa shape index (κ1) is 19.7. The van der Waals surface area contributed by atoms with E-state index >= 15 is 0 Å². The van der Waals surface area contributed by atoms with Gasteiger partial charge >= 0.3 is 0 Å². The van der Waals surface area contributed by atoms with Crippen molar-refractivity contribution in [3.05, 3.63) is 57.8 Å². The second kappa shape index (κ2) is 8.66. The van der Waals surface area contributed by atoms with Gasteiger partial charge in [0.15, 0.2) is 11.5 Å². The zero-order chi connectivity index (χ0) is 19.3. The van der Waals surface area contributed by atoms with Gasteiger partial charge in [0.2, 0.25) is 0 Å². The van der Waals surface area contributed by atoms with Gasteiger partial charge in [-0.05, 0) is 66.2 Å². The standard InChI is InChI=1S/C18H18BrFN2O4/c1-10(2)26-15-7-4-11(8-16(15)25-3)17(23)21-22-18(24)13-6-5-12(20)9-14(13)19/h4-10H,1-3H3,(H,21,23)(H,22,24). The molecule has 0 spiro atoms. The van der Waals surface area contributed by atoms with E-state index in [-0.39, 0.29) is 21.7 Å². The Balaban J connectivity index is 2.06. The number of hydrogen-bond donors (Lipinski definition) is 2. The molecule has 0 atom stereocenters. The average molecular weight is 425 g/mol. The molecule has 6 nitrogen and oxygen atoms in total. The number of halogens is 2. The number of nitrogens with one attached hydrogen (secondary N) is 2. The monoisotopic (exact) mass is 424 g/mol. The number of hydrogen-bond acceptors (Lipinski definition) is 4. The van der Waals surface area contributed by atoms with Crippen LogP contribution >= 0.6 is 15.9 Å². The maximum atomic E-state index is 13.1. The van der Waals surface area contributed by atoms with E-state index in [1.165, 1.54) is 19.2 Å². The molecule has 2 rings (SSSR count). The summed E-state index contributed by atoms with van der Waals surface area (Å²) in [5, 5.41) is 0.